The van der Waals surface area contributed by atoms with Gasteiger partial charge in [0.15, 0.2) is 0 Å². The quantitative estimate of drug-likeness (QED) is 0.471. The maximum absolute atomic E-state index is 7.85. The molecule has 0 amide bonds. The van der Waals surface area contributed by atoms with Crippen LogP contribution >= 0.6 is 11.8 Å². The summed E-state index contributed by atoms with van der Waals surface area (Å²) in [5.74, 6) is 0.178. The number of nitrogens with two attached hydrogens (primary N) is 1. The van der Waals surface area contributed by atoms with Crippen LogP contribution in [0.25, 0.3) is 0 Å². The van der Waals surface area contributed by atoms with Gasteiger partial charge in [0.25, 0.3) is 0 Å². The number of nitrogens with zero attached hydrogens (tertiary/aromatic N) is 1. The molecule has 2 rings (SSSR count). The molecule has 1 saturated carbocycles. The predicted molar refractivity (Wildman–Crippen MR) is 79.9 cm³/mol. The lowest BCUT2D eigenvalue weighted by molar-refractivity contribution is 0.761. The van der Waals surface area contributed by atoms with E-state index in [2.05, 4.69) is 24.0 Å². The van der Waals surface area contributed by atoms with Crippen molar-refractivity contribution < 1.29 is 0 Å². The summed E-state index contributed by atoms with van der Waals surface area (Å²) >= 11 is 1.66. The van der Waals surface area contributed by atoms with E-state index in [0.717, 1.165) is 29.1 Å². The van der Waals surface area contributed by atoms with E-state index in [1.165, 1.54) is 12.8 Å². The highest BCUT2D eigenvalue weighted by Gasteiger charge is 2.30. The minimum atomic E-state index is 0.178. The molecule has 3 nitrogen and oxygen atoms in total. The Balaban J connectivity index is 2.43. The lowest BCUT2D eigenvalue weighted by atomic mass is 10.1. The van der Waals surface area contributed by atoms with Gasteiger partial charge in [-0.15, -0.1) is 11.8 Å². The zero-order chi connectivity index (χ0) is 13.1. The van der Waals surface area contributed by atoms with Crippen LogP contribution in [0.5, 0.6) is 0 Å². The molecule has 0 spiro atoms. The maximum atomic E-state index is 7.85. The molecule has 3 N–H and O–H groups in total. The first-order chi connectivity index (χ1) is 8.69. The fourth-order valence-corrected chi connectivity index (χ4v) is 2.96. The third-order valence-electron chi connectivity index (χ3n) is 3.26. The summed E-state index contributed by atoms with van der Waals surface area (Å²) < 4.78 is 0. The molecule has 0 atom stereocenters. The van der Waals surface area contributed by atoms with Gasteiger partial charge in [0.05, 0.1) is 5.56 Å². The van der Waals surface area contributed by atoms with Crippen LogP contribution in [0.15, 0.2) is 23.1 Å². The first-order valence-corrected chi connectivity index (χ1v) is 7.69. The number of benzene rings is 1. The summed E-state index contributed by atoms with van der Waals surface area (Å²) in [4.78, 5) is 3.53. The van der Waals surface area contributed by atoms with Gasteiger partial charge in [-0.25, -0.2) is 0 Å². The van der Waals surface area contributed by atoms with E-state index in [0.29, 0.717) is 6.04 Å². The summed E-state index contributed by atoms with van der Waals surface area (Å²) in [6.45, 7) is 3.24. The smallest absolute Gasteiger partial charge is 0.126 e. The van der Waals surface area contributed by atoms with Crippen LogP contribution in [0.1, 0.15) is 31.7 Å². The van der Waals surface area contributed by atoms with E-state index < -0.39 is 0 Å². The number of hydrogen-bond acceptors (Lipinski definition) is 3. The molecule has 1 aromatic carbocycles. The van der Waals surface area contributed by atoms with E-state index in [4.69, 9.17) is 11.1 Å². The number of amidine groups is 1. The molecule has 0 radical (unpaired) electrons. The van der Waals surface area contributed by atoms with Gasteiger partial charge in [0.2, 0.25) is 0 Å². The summed E-state index contributed by atoms with van der Waals surface area (Å²) in [6, 6.07) is 6.87. The topological polar surface area (TPSA) is 53.1 Å². The van der Waals surface area contributed by atoms with Crippen molar-refractivity contribution in [2.24, 2.45) is 5.73 Å². The van der Waals surface area contributed by atoms with Crippen molar-refractivity contribution in [2.75, 3.05) is 17.7 Å². The molecule has 0 saturated heterocycles. The number of rotatable bonds is 6. The SMILES string of the molecule is CCCN(c1cccc(SC)c1C(=N)N)C1CC1. The van der Waals surface area contributed by atoms with Crippen molar-refractivity contribution in [2.45, 2.75) is 37.1 Å². The van der Waals surface area contributed by atoms with Gasteiger partial charge in [-0.2, -0.15) is 0 Å². The zero-order valence-corrected chi connectivity index (χ0v) is 11.9. The van der Waals surface area contributed by atoms with Crippen LogP contribution in [0.4, 0.5) is 5.69 Å². The Hall–Kier alpha value is -1.16. The highest BCUT2D eigenvalue weighted by molar-refractivity contribution is 7.98. The molecule has 0 heterocycles. The number of nitrogens with one attached hydrogen (secondary N) is 1. The Morgan fingerprint density at radius 3 is 2.72 bits per heavy atom. The lowest BCUT2D eigenvalue weighted by Gasteiger charge is -2.27. The molecule has 1 aliphatic carbocycles. The van der Waals surface area contributed by atoms with Crippen molar-refractivity contribution in [1.29, 1.82) is 5.41 Å². The predicted octanol–water partition coefficient (Wildman–Crippen LogP) is 3.07. The molecule has 1 aromatic rings. The zero-order valence-electron chi connectivity index (χ0n) is 11.1. The van der Waals surface area contributed by atoms with E-state index >= 15 is 0 Å². The van der Waals surface area contributed by atoms with Crippen molar-refractivity contribution in [3.8, 4) is 0 Å². The molecular weight excluding hydrogens is 242 g/mol. The van der Waals surface area contributed by atoms with Crippen molar-refractivity contribution in [3.05, 3.63) is 23.8 Å². The fourth-order valence-electron chi connectivity index (χ4n) is 2.33. The third kappa shape index (κ3) is 2.64. The first-order valence-electron chi connectivity index (χ1n) is 6.47. The second kappa shape index (κ2) is 5.65. The average Bonchev–Trinajstić information content (AvgIpc) is 3.19. The molecule has 0 aromatic heterocycles. The van der Waals surface area contributed by atoms with E-state index in [-0.39, 0.29) is 5.84 Å². The molecule has 4 heteroatoms. The van der Waals surface area contributed by atoms with Crippen molar-refractivity contribution in [3.63, 3.8) is 0 Å². The molecule has 1 fully saturated rings. The van der Waals surface area contributed by atoms with Crippen molar-refractivity contribution >= 4 is 23.3 Å². The van der Waals surface area contributed by atoms with Gasteiger partial charge in [0.1, 0.15) is 5.84 Å². The normalized spacial score (nSPS) is 14.6. The Bertz CT molecular complexity index is 441. The maximum Gasteiger partial charge on any atom is 0.126 e. The highest BCUT2D eigenvalue weighted by atomic mass is 32.2. The van der Waals surface area contributed by atoms with Gasteiger partial charge >= 0.3 is 0 Å². The van der Waals surface area contributed by atoms with Crippen LogP contribution in [-0.4, -0.2) is 24.7 Å². The number of thioether (sulfide) groups is 1. The molecule has 0 bridgehead atoms. The monoisotopic (exact) mass is 263 g/mol. The van der Waals surface area contributed by atoms with Gasteiger partial charge < -0.3 is 10.6 Å². The fraction of sp³-hybridized carbons (Fsp3) is 0.500. The van der Waals surface area contributed by atoms with Crippen LogP contribution in [-0.2, 0) is 0 Å². The van der Waals surface area contributed by atoms with Gasteiger partial charge in [-0.3, -0.25) is 5.41 Å². The van der Waals surface area contributed by atoms with Crippen molar-refractivity contribution in [1.82, 2.24) is 0 Å². The number of hydrogen-bond donors (Lipinski definition) is 2. The first kappa shape index (κ1) is 13.3. The Morgan fingerprint density at radius 1 is 1.50 bits per heavy atom. The summed E-state index contributed by atoms with van der Waals surface area (Å²) in [7, 11) is 0. The average molecular weight is 263 g/mol. The lowest BCUT2D eigenvalue weighted by Crippen LogP contribution is -2.29. The molecule has 0 aliphatic heterocycles. The molecule has 0 unspecified atom stereocenters. The Kier molecular flexibility index (Phi) is 4.17. The van der Waals surface area contributed by atoms with Gasteiger partial charge in [0, 0.05) is 23.2 Å². The molecule has 98 valence electrons. The second-order valence-corrected chi connectivity index (χ2v) is 5.54. The van der Waals surface area contributed by atoms with E-state index in [1.807, 2.05) is 12.3 Å². The number of anilines is 1. The van der Waals surface area contributed by atoms with Crippen LogP contribution in [0, 0.1) is 5.41 Å². The standard InChI is InChI=1S/C14H21N3S/c1-3-9-17(10-7-8-10)11-5-4-6-12(18-2)13(11)14(15)16/h4-6,10H,3,7-9H2,1-2H3,(H3,15,16). The Labute approximate surface area is 113 Å². The Morgan fingerprint density at radius 2 is 2.22 bits per heavy atom. The van der Waals surface area contributed by atoms with Crippen LogP contribution in [0.2, 0.25) is 0 Å². The summed E-state index contributed by atoms with van der Waals surface area (Å²) in [6.07, 6.45) is 5.69. The molecule has 18 heavy (non-hydrogen) atoms. The van der Waals surface area contributed by atoms with E-state index in [1.54, 1.807) is 11.8 Å². The second-order valence-electron chi connectivity index (χ2n) is 4.69. The third-order valence-corrected chi connectivity index (χ3v) is 4.04. The minimum absolute atomic E-state index is 0.178. The van der Waals surface area contributed by atoms with Gasteiger partial charge in [-0.1, -0.05) is 13.0 Å². The van der Waals surface area contributed by atoms with Crippen LogP contribution in [0.3, 0.4) is 0 Å². The molecular formula is C14H21N3S. The van der Waals surface area contributed by atoms with E-state index in [9.17, 15) is 0 Å². The van der Waals surface area contributed by atoms with Crippen LogP contribution < -0.4 is 10.6 Å². The summed E-state index contributed by atoms with van der Waals surface area (Å²) in [5.41, 5.74) is 7.83. The summed E-state index contributed by atoms with van der Waals surface area (Å²) in [5, 5.41) is 7.85. The number of nitrogen functional groups attached to an aromatic ring is 1. The largest absolute Gasteiger partial charge is 0.384 e. The molecule has 1 aliphatic rings. The van der Waals surface area contributed by atoms with Gasteiger partial charge in [-0.05, 0) is 37.7 Å². The highest BCUT2D eigenvalue weighted by Crippen LogP contribution is 2.36. The minimum Gasteiger partial charge on any atom is -0.384 e.